The number of hydrogen-bond donors (Lipinski definition) is 1. The van der Waals surface area contributed by atoms with Crippen LogP contribution in [-0.4, -0.2) is 30.1 Å². The molecule has 0 aliphatic heterocycles. The molecule has 0 amide bonds. The van der Waals surface area contributed by atoms with Crippen molar-refractivity contribution in [2.24, 2.45) is 0 Å². The van der Waals surface area contributed by atoms with Crippen molar-refractivity contribution in [3.05, 3.63) is 59.7 Å². The first-order valence-corrected chi connectivity index (χ1v) is 10.3. The average Bonchev–Trinajstić information content (AvgIpc) is 2.51. The van der Waals surface area contributed by atoms with E-state index in [0.717, 1.165) is 28.8 Å². The Kier molecular flexibility index (Phi) is 5.45. The van der Waals surface area contributed by atoms with E-state index in [2.05, 4.69) is 4.72 Å². The van der Waals surface area contributed by atoms with Gasteiger partial charge >= 0.3 is 0 Å². The Labute approximate surface area is 145 Å². The first-order valence-electron chi connectivity index (χ1n) is 6.99. The molecule has 0 saturated heterocycles. The molecule has 0 aliphatic rings. The molecule has 6 nitrogen and oxygen atoms in total. The monoisotopic (exact) mass is 390 g/mol. The maximum absolute atomic E-state index is 13.6. The Morgan fingerprint density at radius 1 is 0.960 bits per heavy atom. The van der Waals surface area contributed by atoms with E-state index < -0.39 is 36.6 Å². The summed E-state index contributed by atoms with van der Waals surface area (Å²) >= 11 is 0. The van der Waals surface area contributed by atoms with Gasteiger partial charge < -0.3 is 0 Å². The molecule has 2 aromatic carbocycles. The number of anilines is 1. The minimum atomic E-state index is -4.38. The summed E-state index contributed by atoms with van der Waals surface area (Å²) in [6.45, 7) is -0.209. The van der Waals surface area contributed by atoms with Gasteiger partial charge in [0.1, 0.15) is 11.6 Å². The van der Waals surface area contributed by atoms with Gasteiger partial charge in [0.2, 0.25) is 20.0 Å². The van der Waals surface area contributed by atoms with Crippen LogP contribution >= 0.6 is 0 Å². The summed E-state index contributed by atoms with van der Waals surface area (Å²) in [4.78, 5) is -1.04. The van der Waals surface area contributed by atoms with E-state index in [9.17, 15) is 25.6 Å². The van der Waals surface area contributed by atoms with Gasteiger partial charge in [-0.15, -0.1) is 0 Å². The summed E-state index contributed by atoms with van der Waals surface area (Å²) in [7, 11) is -6.40. The van der Waals surface area contributed by atoms with Crippen LogP contribution in [-0.2, 0) is 26.6 Å². The van der Waals surface area contributed by atoms with E-state index in [1.165, 1.54) is 31.3 Å². The SMILES string of the molecule is CN(c1ccc(CNS(=O)(=O)c2c(F)cccc2F)cc1)S(C)(=O)=O. The van der Waals surface area contributed by atoms with Crippen LogP contribution in [0.2, 0.25) is 0 Å². The second kappa shape index (κ2) is 7.06. The molecule has 2 rings (SSSR count). The molecule has 0 heterocycles. The first kappa shape index (κ1) is 19.3. The topological polar surface area (TPSA) is 83.6 Å². The van der Waals surface area contributed by atoms with Crippen LogP contribution in [0.25, 0.3) is 0 Å². The highest BCUT2D eigenvalue weighted by Gasteiger charge is 2.23. The third kappa shape index (κ3) is 4.53. The molecular formula is C15H16F2N2O4S2. The van der Waals surface area contributed by atoms with Crippen molar-refractivity contribution >= 4 is 25.7 Å². The molecular weight excluding hydrogens is 374 g/mol. The standard InChI is InChI=1S/C15H16F2N2O4S2/c1-19(24(2,20)21)12-8-6-11(7-9-12)10-18-25(22,23)15-13(16)4-3-5-14(15)17/h3-9,18H,10H2,1-2H3. The fourth-order valence-electron chi connectivity index (χ4n) is 2.00. The van der Waals surface area contributed by atoms with E-state index in [1.54, 1.807) is 0 Å². The molecule has 0 unspecified atom stereocenters. The number of rotatable bonds is 6. The minimum Gasteiger partial charge on any atom is -0.274 e. The lowest BCUT2D eigenvalue weighted by atomic mass is 10.2. The Balaban J connectivity index is 2.16. The first-order chi connectivity index (χ1) is 11.5. The maximum atomic E-state index is 13.6. The average molecular weight is 390 g/mol. The van der Waals surface area contributed by atoms with Gasteiger partial charge in [0, 0.05) is 13.6 Å². The fourth-order valence-corrected chi connectivity index (χ4v) is 3.66. The largest absolute Gasteiger partial charge is 0.274 e. The number of sulfonamides is 2. The molecule has 0 aromatic heterocycles. The summed E-state index contributed by atoms with van der Waals surface area (Å²) in [6, 6.07) is 8.79. The zero-order valence-corrected chi connectivity index (χ0v) is 15.0. The van der Waals surface area contributed by atoms with Crippen molar-refractivity contribution < 1.29 is 25.6 Å². The summed E-state index contributed by atoms with van der Waals surface area (Å²) in [5, 5.41) is 0. The lowest BCUT2D eigenvalue weighted by molar-refractivity contribution is 0.514. The smallest absolute Gasteiger partial charge is 0.246 e. The maximum Gasteiger partial charge on any atom is 0.246 e. The molecule has 10 heteroatoms. The second-order valence-electron chi connectivity index (χ2n) is 5.27. The molecule has 25 heavy (non-hydrogen) atoms. The van der Waals surface area contributed by atoms with E-state index in [1.807, 2.05) is 0 Å². The third-order valence-corrected chi connectivity index (χ3v) is 6.11. The summed E-state index contributed by atoms with van der Waals surface area (Å²) in [5.74, 6) is -2.37. The molecule has 0 atom stereocenters. The summed E-state index contributed by atoms with van der Waals surface area (Å²) in [5.41, 5.74) is 0.889. The molecule has 2 aromatic rings. The van der Waals surface area contributed by atoms with Crippen molar-refractivity contribution in [1.82, 2.24) is 4.72 Å². The number of hydrogen-bond acceptors (Lipinski definition) is 4. The van der Waals surface area contributed by atoms with Gasteiger partial charge in [0.05, 0.1) is 11.9 Å². The van der Waals surface area contributed by atoms with Crippen molar-refractivity contribution in [3.63, 3.8) is 0 Å². The quantitative estimate of drug-likeness (QED) is 0.816. The fraction of sp³-hybridized carbons (Fsp3) is 0.200. The molecule has 0 spiro atoms. The van der Waals surface area contributed by atoms with Crippen LogP contribution < -0.4 is 9.03 Å². The number of halogens is 2. The summed E-state index contributed by atoms with van der Waals surface area (Å²) < 4.78 is 77.5. The van der Waals surface area contributed by atoms with Crippen LogP contribution in [0.1, 0.15) is 5.56 Å². The van der Waals surface area contributed by atoms with Gasteiger partial charge in [-0.25, -0.2) is 30.3 Å². The Hall–Kier alpha value is -2.04. The molecule has 0 aliphatic carbocycles. The Morgan fingerprint density at radius 2 is 1.48 bits per heavy atom. The molecule has 0 bridgehead atoms. The van der Waals surface area contributed by atoms with Gasteiger partial charge in [-0.05, 0) is 29.8 Å². The minimum absolute atomic E-state index is 0.209. The Morgan fingerprint density at radius 3 is 1.96 bits per heavy atom. The van der Waals surface area contributed by atoms with Gasteiger partial charge in [0.25, 0.3) is 0 Å². The van der Waals surface area contributed by atoms with E-state index in [4.69, 9.17) is 0 Å². The van der Waals surface area contributed by atoms with Gasteiger partial charge in [-0.3, -0.25) is 4.31 Å². The highest BCUT2D eigenvalue weighted by Crippen LogP contribution is 2.19. The zero-order valence-electron chi connectivity index (χ0n) is 13.4. The van der Waals surface area contributed by atoms with Gasteiger partial charge in [-0.2, -0.15) is 0 Å². The Bertz CT molecular complexity index is 955. The third-order valence-electron chi connectivity index (χ3n) is 3.45. The number of benzene rings is 2. The van der Waals surface area contributed by atoms with Crippen LogP contribution in [0, 0.1) is 11.6 Å². The van der Waals surface area contributed by atoms with Crippen molar-refractivity contribution in [2.75, 3.05) is 17.6 Å². The van der Waals surface area contributed by atoms with E-state index in [-0.39, 0.29) is 6.54 Å². The highest BCUT2D eigenvalue weighted by atomic mass is 32.2. The number of nitrogens with one attached hydrogen (secondary N) is 1. The molecule has 0 radical (unpaired) electrons. The molecule has 1 N–H and O–H groups in total. The molecule has 0 saturated carbocycles. The van der Waals surface area contributed by atoms with E-state index >= 15 is 0 Å². The van der Waals surface area contributed by atoms with Crippen LogP contribution in [0.15, 0.2) is 47.4 Å². The van der Waals surface area contributed by atoms with Crippen LogP contribution in [0.4, 0.5) is 14.5 Å². The van der Waals surface area contributed by atoms with Crippen LogP contribution in [0.5, 0.6) is 0 Å². The van der Waals surface area contributed by atoms with Crippen molar-refractivity contribution in [1.29, 1.82) is 0 Å². The molecule has 136 valence electrons. The van der Waals surface area contributed by atoms with Crippen LogP contribution in [0.3, 0.4) is 0 Å². The van der Waals surface area contributed by atoms with Crippen molar-refractivity contribution in [2.45, 2.75) is 11.4 Å². The predicted molar refractivity (Wildman–Crippen MR) is 90.1 cm³/mol. The summed E-state index contributed by atoms with van der Waals surface area (Å²) in [6.07, 6.45) is 1.05. The molecule has 0 fully saturated rings. The predicted octanol–water partition coefficient (Wildman–Crippen LogP) is 1.84. The normalized spacial score (nSPS) is 12.2. The number of nitrogens with zero attached hydrogens (tertiary/aromatic N) is 1. The van der Waals surface area contributed by atoms with Gasteiger partial charge in [0.15, 0.2) is 4.90 Å². The van der Waals surface area contributed by atoms with E-state index in [0.29, 0.717) is 11.3 Å². The van der Waals surface area contributed by atoms with Gasteiger partial charge in [-0.1, -0.05) is 18.2 Å². The lowest BCUT2D eigenvalue weighted by Crippen LogP contribution is -2.26. The lowest BCUT2D eigenvalue weighted by Gasteiger charge is -2.16. The highest BCUT2D eigenvalue weighted by molar-refractivity contribution is 7.92. The van der Waals surface area contributed by atoms with Crippen molar-refractivity contribution in [3.8, 4) is 0 Å². The zero-order chi connectivity index (χ0) is 18.8. The second-order valence-corrected chi connectivity index (χ2v) is 8.99.